The molecule has 0 saturated carbocycles. The van der Waals surface area contributed by atoms with Crippen LogP contribution in [-0.4, -0.2) is 36.3 Å². The van der Waals surface area contributed by atoms with Gasteiger partial charge in [0.15, 0.2) is 0 Å². The lowest BCUT2D eigenvalue weighted by molar-refractivity contribution is -0.117. The van der Waals surface area contributed by atoms with Gasteiger partial charge in [-0.1, -0.05) is 6.92 Å². The molecular weight excluding hydrogens is 238 g/mol. The van der Waals surface area contributed by atoms with Crippen LogP contribution in [0.2, 0.25) is 0 Å². The maximum absolute atomic E-state index is 11.6. The number of carbonyl (C=O) groups is 1. The van der Waals surface area contributed by atoms with E-state index in [1.807, 2.05) is 11.0 Å². The molecule has 4 nitrogen and oxygen atoms in total. The molecule has 0 radical (unpaired) electrons. The van der Waals surface area contributed by atoms with E-state index in [4.69, 9.17) is 16.9 Å². The third-order valence-electron chi connectivity index (χ3n) is 2.75. The molecule has 1 unspecified atom stereocenters. The number of rotatable bonds is 4. The van der Waals surface area contributed by atoms with Crippen LogP contribution in [0.15, 0.2) is 11.8 Å². The van der Waals surface area contributed by atoms with Gasteiger partial charge >= 0.3 is 0 Å². The Morgan fingerprint density at radius 2 is 2.47 bits per heavy atom. The molecule has 1 fully saturated rings. The van der Waals surface area contributed by atoms with E-state index in [0.29, 0.717) is 18.3 Å². The second-order valence-electron chi connectivity index (χ2n) is 4.34. The molecule has 5 heteroatoms. The van der Waals surface area contributed by atoms with Crippen LogP contribution in [0.3, 0.4) is 0 Å². The van der Waals surface area contributed by atoms with E-state index in [1.54, 1.807) is 6.20 Å². The monoisotopic (exact) mass is 255 g/mol. The van der Waals surface area contributed by atoms with Crippen molar-refractivity contribution >= 4 is 17.5 Å². The first-order valence-corrected chi connectivity index (χ1v) is 6.41. The number of piperidine rings is 1. The normalized spacial score (nSPS) is 20.9. The first-order chi connectivity index (χ1) is 8.17. The summed E-state index contributed by atoms with van der Waals surface area (Å²) in [5, 5.41) is 11.5. The van der Waals surface area contributed by atoms with E-state index < -0.39 is 0 Å². The van der Waals surface area contributed by atoms with Crippen LogP contribution in [0.5, 0.6) is 0 Å². The van der Waals surface area contributed by atoms with Crippen molar-refractivity contribution in [3.05, 3.63) is 11.8 Å². The van der Waals surface area contributed by atoms with Gasteiger partial charge in [-0.2, -0.15) is 5.26 Å². The van der Waals surface area contributed by atoms with Gasteiger partial charge in [0, 0.05) is 31.7 Å². The first-order valence-electron chi connectivity index (χ1n) is 5.87. The number of hydrogen-bond acceptors (Lipinski definition) is 3. The van der Waals surface area contributed by atoms with Gasteiger partial charge in [-0.25, -0.2) is 0 Å². The van der Waals surface area contributed by atoms with Gasteiger partial charge in [-0.15, -0.1) is 11.6 Å². The molecular formula is C12H18ClN3O. The Balaban J connectivity index is 2.59. The van der Waals surface area contributed by atoms with Crippen molar-refractivity contribution in [1.29, 1.82) is 5.26 Å². The Kier molecular flexibility index (Phi) is 5.85. The maximum atomic E-state index is 11.6. The molecule has 1 heterocycles. The number of likely N-dealkylation sites (tertiary alicyclic amines) is 1. The van der Waals surface area contributed by atoms with Gasteiger partial charge in [0.25, 0.3) is 5.91 Å². The SMILES string of the molecule is CC1CCCN(/C=C(/C#N)C(=O)NCCCl)C1. The summed E-state index contributed by atoms with van der Waals surface area (Å²) in [7, 11) is 0. The molecule has 0 aromatic carbocycles. The van der Waals surface area contributed by atoms with Gasteiger partial charge in [0.2, 0.25) is 0 Å². The highest BCUT2D eigenvalue weighted by atomic mass is 35.5. The lowest BCUT2D eigenvalue weighted by Crippen LogP contribution is -2.32. The van der Waals surface area contributed by atoms with E-state index in [1.165, 1.54) is 6.42 Å². The lowest BCUT2D eigenvalue weighted by Gasteiger charge is -2.29. The van der Waals surface area contributed by atoms with Crippen molar-refractivity contribution in [2.75, 3.05) is 25.5 Å². The smallest absolute Gasteiger partial charge is 0.263 e. The van der Waals surface area contributed by atoms with E-state index in [2.05, 4.69) is 12.2 Å². The van der Waals surface area contributed by atoms with Crippen molar-refractivity contribution in [3.8, 4) is 6.07 Å². The number of carbonyl (C=O) groups excluding carboxylic acids is 1. The lowest BCUT2D eigenvalue weighted by atomic mass is 10.0. The average Bonchev–Trinajstić information content (AvgIpc) is 2.33. The van der Waals surface area contributed by atoms with Gasteiger partial charge in [0.1, 0.15) is 11.6 Å². The summed E-state index contributed by atoms with van der Waals surface area (Å²) in [5.74, 6) is 0.628. The van der Waals surface area contributed by atoms with Crippen LogP contribution in [0.4, 0.5) is 0 Å². The Labute approximate surface area is 107 Å². The minimum atomic E-state index is -0.341. The molecule has 0 aliphatic carbocycles. The molecule has 0 aromatic rings. The molecule has 1 saturated heterocycles. The predicted molar refractivity (Wildman–Crippen MR) is 67.4 cm³/mol. The van der Waals surface area contributed by atoms with Crippen LogP contribution in [0.25, 0.3) is 0 Å². The summed E-state index contributed by atoms with van der Waals surface area (Å²) in [6.07, 6.45) is 3.99. The van der Waals surface area contributed by atoms with Crippen LogP contribution < -0.4 is 5.32 Å². The predicted octanol–water partition coefficient (Wildman–Crippen LogP) is 1.48. The van der Waals surface area contributed by atoms with Crippen molar-refractivity contribution < 1.29 is 4.79 Å². The van der Waals surface area contributed by atoms with Gasteiger partial charge in [-0.3, -0.25) is 4.79 Å². The van der Waals surface area contributed by atoms with Gasteiger partial charge in [0.05, 0.1) is 0 Å². The number of halogens is 1. The Bertz CT molecular complexity index is 335. The third kappa shape index (κ3) is 4.66. The van der Waals surface area contributed by atoms with Gasteiger partial charge in [-0.05, 0) is 18.8 Å². The number of amides is 1. The van der Waals surface area contributed by atoms with Crippen molar-refractivity contribution in [2.24, 2.45) is 5.92 Å². The molecule has 17 heavy (non-hydrogen) atoms. The summed E-state index contributed by atoms with van der Waals surface area (Å²) in [6, 6.07) is 1.94. The van der Waals surface area contributed by atoms with Crippen LogP contribution in [0, 0.1) is 17.2 Å². The molecule has 1 rings (SSSR count). The van der Waals surface area contributed by atoms with Crippen LogP contribution in [0.1, 0.15) is 19.8 Å². The van der Waals surface area contributed by atoms with E-state index in [0.717, 1.165) is 19.5 Å². The molecule has 0 aromatic heterocycles. The second kappa shape index (κ2) is 7.18. The number of nitriles is 1. The summed E-state index contributed by atoms with van der Waals surface area (Å²) in [5.41, 5.74) is 0.157. The molecule has 0 spiro atoms. The summed E-state index contributed by atoms with van der Waals surface area (Å²) >= 11 is 5.48. The highest BCUT2D eigenvalue weighted by Gasteiger charge is 2.16. The van der Waals surface area contributed by atoms with Crippen molar-refractivity contribution in [3.63, 3.8) is 0 Å². The molecule has 1 aliphatic rings. The molecule has 1 amide bonds. The molecule has 0 bridgehead atoms. The van der Waals surface area contributed by atoms with E-state index >= 15 is 0 Å². The second-order valence-corrected chi connectivity index (χ2v) is 4.72. The topological polar surface area (TPSA) is 56.1 Å². The fraction of sp³-hybridized carbons (Fsp3) is 0.667. The number of hydrogen-bond donors (Lipinski definition) is 1. The Morgan fingerprint density at radius 3 is 3.06 bits per heavy atom. The molecule has 1 aliphatic heterocycles. The molecule has 94 valence electrons. The minimum Gasteiger partial charge on any atom is -0.376 e. The zero-order valence-corrected chi connectivity index (χ0v) is 10.8. The van der Waals surface area contributed by atoms with Crippen molar-refractivity contribution in [1.82, 2.24) is 10.2 Å². The number of nitrogens with zero attached hydrogens (tertiary/aromatic N) is 2. The number of nitrogens with one attached hydrogen (secondary N) is 1. The largest absolute Gasteiger partial charge is 0.376 e. The highest BCUT2D eigenvalue weighted by Crippen LogP contribution is 2.16. The highest BCUT2D eigenvalue weighted by molar-refractivity contribution is 6.18. The maximum Gasteiger partial charge on any atom is 0.263 e. The quantitative estimate of drug-likeness (QED) is 0.470. The van der Waals surface area contributed by atoms with Crippen molar-refractivity contribution in [2.45, 2.75) is 19.8 Å². The standard InChI is InChI=1S/C12H18ClN3O/c1-10-3-2-6-16(8-10)9-11(7-14)12(17)15-5-4-13/h9-10H,2-6,8H2,1H3,(H,15,17)/b11-9-. The Hall–Kier alpha value is -1.21. The fourth-order valence-electron chi connectivity index (χ4n) is 1.92. The van der Waals surface area contributed by atoms with Crippen LogP contribution >= 0.6 is 11.6 Å². The summed E-state index contributed by atoms with van der Waals surface area (Å²) in [6.45, 7) is 4.39. The molecule has 1 atom stereocenters. The van der Waals surface area contributed by atoms with Crippen LogP contribution in [-0.2, 0) is 4.79 Å². The first kappa shape index (κ1) is 13.9. The fourth-order valence-corrected chi connectivity index (χ4v) is 2.01. The third-order valence-corrected chi connectivity index (χ3v) is 2.93. The zero-order valence-electron chi connectivity index (χ0n) is 10.1. The van der Waals surface area contributed by atoms with E-state index in [-0.39, 0.29) is 11.5 Å². The molecule has 1 N–H and O–H groups in total. The summed E-state index contributed by atoms with van der Waals surface area (Å²) < 4.78 is 0. The van der Waals surface area contributed by atoms with E-state index in [9.17, 15) is 4.79 Å². The number of alkyl halides is 1. The zero-order chi connectivity index (χ0) is 12.7. The minimum absolute atomic E-state index is 0.157. The Morgan fingerprint density at radius 1 is 1.71 bits per heavy atom. The summed E-state index contributed by atoms with van der Waals surface area (Å²) in [4.78, 5) is 13.6. The average molecular weight is 256 g/mol. The van der Waals surface area contributed by atoms with Gasteiger partial charge < -0.3 is 10.2 Å².